The summed E-state index contributed by atoms with van der Waals surface area (Å²) in [5.41, 5.74) is 0. The van der Waals surface area contributed by atoms with Crippen LogP contribution in [-0.2, 0) is 4.79 Å². The van der Waals surface area contributed by atoms with Gasteiger partial charge in [-0.2, -0.15) is 0 Å². The van der Waals surface area contributed by atoms with Gasteiger partial charge >= 0.3 is 12.0 Å². The Morgan fingerprint density at radius 2 is 2.00 bits per heavy atom. The predicted octanol–water partition coefficient (Wildman–Crippen LogP) is 1.05. The summed E-state index contributed by atoms with van der Waals surface area (Å²) in [7, 11) is 0. The molecule has 0 aliphatic carbocycles. The fourth-order valence-electron chi connectivity index (χ4n) is 1.71. The average Bonchev–Trinajstić information content (AvgIpc) is 2.69. The van der Waals surface area contributed by atoms with E-state index < -0.39 is 12.0 Å². The third-order valence-electron chi connectivity index (χ3n) is 2.57. The molecule has 0 bridgehead atoms. The van der Waals surface area contributed by atoms with Crippen molar-refractivity contribution in [1.29, 1.82) is 0 Å². The number of nitrogens with one attached hydrogen (secondary N) is 1. The minimum absolute atomic E-state index is 0.242. The lowest BCUT2D eigenvalue weighted by Gasteiger charge is -2.20. The lowest BCUT2D eigenvalue weighted by atomic mass is 10.2. The average molecular weight is 214 g/mol. The Balaban J connectivity index is 2.42. The number of hydrogen-bond acceptors (Lipinski definition) is 2. The van der Waals surface area contributed by atoms with Crippen molar-refractivity contribution in [1.82, 2.24) is 10.2 Å². The van der Waals surface area contributed by atoms with Crippen LogP contribution >= 0.6 is 0 Å². The van der Waals surface area contributed by atoms with Crippen molar-refractivity contribution >= 4 is 12.0 Å². The molecule has 1 atom stereocenters. The Morgan fingerprint density at radius 1 is 1.40 bits per heavy atom. The van der Waals surface area contributed by atoms with E-state index in [9.17, 15) is 9.59 Å². The first-order valence-corrected chi connectivity index (χ1v) is 5.43. The zero-order chi connectivity index (χ0) is 11.3. The van der Waals surface area contributed by atoms with E-state index in [-0.39, 0.29) is 6.03 Å². The Morgan fingerprint density at radius 3 is 2.47 bits per heavy atom. The Hall–Kier alpha value is -1.26. The predicted molar refractivity (Wildman–Crippen MR) is 55.7 cm³/mol. The van der Waals surface area contributed by atoms with Crippen molar-refractivity contribution in [3.63, 3.8) is 0 Å². The maximum Gasteiger partial charge on any atom is 0.326 e. The number of carboxylic acid groups (broad SMARTS) is 1. The molecule has 86 valence electrons. The number of amides is 2. The van der Waals surface area contributed by atoms with E-state index >= 15 is 0 Å². The first-order valence-electron chi connectivity index (χ1n) is 5.43. The van der Waals surface area contributed by atoms with Gasteiger partial charge in [0.1, 0.15) is 6.04 Å². The molecule has 1 aliphatic heterocycles. The number of carbonyl (C=O) groups excluding carboxylic acids is 1. The molecule has 0 aromatic heterocycles. The lowest BCUT2D eigenvalue weighted by molar-refractivity contribution is -0.139. The van der Waals surface area contributed by atoms with Gasteiger partial charge in [-0.15, -0.1) is 0 Å². The van der Waals surface area contributed by atoms with Crippen LogP contribution in [0.3, 0.4) is 0 Å². The molecule has 0 aromatic rings. The zero-order valence-corrected chi connectivity index (χ0v) is 9.03. The SMILES string of the molecule is CCCC(NC(=O)N1CCCC1)C(=O)O. The summed E-state index contributed by atoms with van der Waals surface area (Å²) in [4.78, 5) is 24.1. The van der Waals surface area contributed by atoms with Crippen molar-refractivity contribution in [3.05, 3.63) is 0 Å². The van der Waals surface area contributed by atoms with Crippen LogP contribution < -0.4 is 5.32 Å². The monoisotopic (exact) mass is 214 g/mol. The number of nitrogens with zero attached hydrogens (tertiary/aromatic N) is 1. The van der Waals surface area contributed by atoms with Crippen LogP contribution in [0.5, 0.6) is 0 Å². The highest BCUT2D eigenvalue weighted by molar-refractivity contribution is 5.82. The van der Waals surface area contributed by atoms with Crippen LogP contribution in [0.2, 0.25) is 0 Å². The summed E-state index contributed by atoms with van der Waals surface area (Å²) in [6, 6.07) is -0.989. The fraction of sp³-hybridized carbons (Fsp3) is 0.800. The van der Waals surface area contributed by atoms with Crippen molar-refractivity contribution in [2.24, 2.45) is 0 Å². The van der Waals surface area contributed by atoms with Crippen LogP contribution in [0.25, 0.3) is 0 Å². The molecule has 1 unspecified atom stereocenters. The second-order valence-electron chi connectivity index (χ2n) is 3.82. The third-order valence-corrected chi connectivity index (χ3v) is 2.57. The van der Waals surface area contributed by atoms with E-state index in [4.69, 9.17) is 5.11 Å². The number of rotatable bonds is 4. The largest absolute Gasteiger partial charge is 0.480 e. The zero-order valence-electron chi connectivity index (χ0n) is 9.03. The van der Waals surface area contributed by atoms with Gasteiger partial charge in [0.25, 0.3) is 0 Å². The molecule has 5 nitrogen and oxygen atoms in total. The second-order valence-corrected chi connectivity index (χ2v) is 3.82. The highest BCUT2D eigenvalue weighted by atomic mass is 16.4. The van der Waals surface area contributed by atoms with E-state index in [1.165, 1.54) is 0 Å². The van der Waals surface area contributed by atoms with E-state index in [1.54, 1.807) is 4.90 Å². The molecule has 1 fully saturated rings. The van der Waals surface area contributed by atoms with Gasteiger partial charge in [-0.05, 0) is 19.3 Å². The highest BCUT2D eigenvalue weighted by Crippen LogP contribution is 2.08. The highest BCUT2D eigenvalue weighted by Gasteiger charge is 2.23. The minimum Gasteiger partial charge on any atom is -0.480 e. The molecule has 0 saturated carbocycles. The summed E-state index contributed by atoms with van der Waals surface area (Å²) in [6.45, 7) is 3.38. The van der Waals surface area contributed by atoms with E-state index in [0.717, 1.165) is 32.4 Å². The van der Waals surface area contributed by atoms with Crippen molar-refractivity contribution < 1.29 is 14.7 Å². The van der Waals surface area contributed by atoms with Crippen molar-refractivity contribution in [3.8, 4) is 0 Å². The number of urea groups is 1. The van der Waals surface area contributed by atoms with Gasteiger partial charge in [-0.1, -0.05) is 13.3 Å². The first-order chi connectivity index (χ1) is 7.15. The Labute approximate surface area is 89.4 Å². The summed E-state index contributed by atoms with van der Waals surface area (Å²) >= 11 is 0. The van der Waals surface area contributed by atoms with Crippen LogP contribution in [-0.4, -0.2) is 41.1 Å². The third kappa shape index (κ3) is 3.42. The quantitative estimate of drug-likeness (QED) is 0.734. The first kappa shape index (κ1) is 11.8. The molecule has 1 saturated heterocycles. The molecule has 0 radical (unpaired) electrons. The lowest BCUT2D eigenvalue weighted by Crippen LogP contribution is -2.46. The molecule has 1 heterocycles. The van der Waals surface area contributed by atoms with Crippen LogP contribution in [0.15, 0.2) is 0 Å². The number of carbonyl (C=O) groups is 2. The molecule has 5 heteroatoms. The van der Waals surface area contributed by atoms with Crippen molar-refractivity contribution in [2.75, 3.05) is 13.1 Å². The summed E-state index contributed by atoms with van der Waals surface area (Å²) < 4.78 is 0. The van der Waals surface area contributed by atoms with E-state index in [0.29, 0.717) is 6.42 Å². The summed E-state index contributed by atoms with van der Waals surface area (Å²) in [5, 5.41) is 11.4. The van der Waals surface area contributed by atoms with Gasteiger partial charge in [0.15, 0.2) is 0 Å². The van der Waals surface area contributed by atoms with Gasteiger partial charge < -0.3 is 15.3 Å². The molecule has 0 aromatic carbocycles. The van der Waals surface area contributed by atoms with Gasteiger partial charge in [0, 0.05) is 13.1 Å². The van der Waals surface area contributed by atoms with Crippen LogP contribution in [0.1, 0.15) is 32.6 Å². The Bertz CT molecular complexity index is 237. The van der Waals surface area contributed by atoms with Crippen molar-refractivity contribution in [2.45, 2.75) is 38.6 Å². The fourth-order valence-corrected chi connectivity index (χ4v) is 1.71. The molecule has 1 aliphatic rings. The Kier molecular flexibility index (Phi) is 4.39. The molecular formula is C10H18N2O3. The second kappa shape index (κ2) is 5.58. The standard InChI is InChI=1S/C10H18N2O3/c1-2-5-8(9(13)14)11-10(15)12-6-3-4-7-12/h8H,2-7H2,1H3,(H,11,15)(H,13,14). The van der Waals surface area contributed by atoms with Crippen LogP contribution in [0, 0.1) is 0 Å². The summed E-state index contributed by atoms with van der Waals surface area (Å²) in [5.74, 6) is -0.954. The summed E-state index contributed by atoms with van der Waals surface area (Å²) in [6.07, 6.45) is 3.25. The van der Waals surface area contributed by atoms with Gasteiger partial charge in [-0.3, -0.25) is 0 Å². The van der Waals surface area contributed by atoms with Gasteiger partial charge in [-0.25, -0.2) is 9.59 Å². The van der Waals surface area contributed by atoms with E-state index in [1.807, 2.05) is 6.92 Å². The normalized spacial score (nSPS) is 17.5. The smallest absolute Gasteiger partial charge is 0.326 e. The molecule has 1 rings (SSSR count). The molecule has 0 spiro atoms. The molecule has 15 heavy (non-hydrogen) atoms. The molecule has 2 amide bonds. The maximum absolute atomic E-state index is 11.6. The van der Waals surface area contributed by atoms with Gasteiger partial charge in [0.05, 0.1) is 0 Å². The van der Waals surface area contributed by atoms with E-state index in [2.05, 4.69) is 5.32 Å². The van der Waals surface area contributed by atoms with Gasteiger partial charge in [0.2, 0.25) is 0 Å². The number of likely N-dealkylation sites (tertiary alicyclic amines) is 1. The number of carboxylic acids is 1. The minimum atomic E-state index is -0.954. The van der Waals surface area contributed by atoms with Crippen LogP contribution in [0.4, 0.5) is 4.79 Å². The maximum atomic E-state index is 11.6. The molecule has 2 N–H and O–H groups in total. The topological polar surface area (TPSA) is 69.6 Å². The number of aliphatic carboxylic acids is 1. The molecular weight excluding hydrogens is 196 g/mol. The number of hydrogen-bond donors (Lipinski definition) is 2.